The molecule has 8 aliphatic carbocycles. The van der Waals surface area contributed by atoms with Crippen LogP contribution in [0.1, 0.15) is 167 Å². The van der Waals surface area contributed by atoms with Crippen molar-refractivity contribution in [3.63, 3.8) is 0 Å². The van der Waals surface area contributed by atoms with Crippen LogP contribution >= 0.6 is 0 Å². The zero-order chi connectivity index (χ0) is 40.7. The van der Waals surface area contributed by atoms with Crippen molar-refractivity contribution in [1.29, 1.82) is 0 Å². The average molecular weight is 828 g/mol. The number of nitrogens with one attached hydrogen (secondary N) is 2. The highest BCUT2D eigenvalue weighted by Crippen LogP contribution is 2.59. The highest BCUT2D eigenvalue weighted by atomic mass is 32.2. The molecule has 324 valence electrons. The Morgan fingerprint density at radius 1 is 0.661 bits per heavy atom. The minimum absolute atomic E-state index is 0. The first-order valence-corrected chi connectivity index (χ1v) is 24.3. The van der Waals surface area contributed by atoms with Crippen molar-refractivity contribution in [2.75, 3.05) is 26.2 Å². The molecule has 2 N–H and O–H groups in total. The lowest BCUT2D eigenvalue weighted by atomic mass is 9.56. The minimum atomic E-state index is -3.33. The zero-order valence-electron chi connectivity index (χ0n) is 36.0. The molecule has 2 aliphatic heterocycles. The molecule has 0 aromatic heterocycles. The predicted molar refractivity (Wildman–Crippen MR) is 225 cm³/mol. The van der Waals surface area contributed by atoms with E-state index in [1.54, 1.807) is 16.7 Å². The molecule has 56 heavy (non-hydrogen) atoms. The van der Waals surface area contributed by atoms with Gasteiger partial charge in [0.05, 0.1) is 20.5 Å². The smallest absolute Gasteiger partial charge is 0.410 e. The fourth-order valence-corrected chi connectivity index (χ4v) is 16.5. The van der Waals surface area contributed by atoms with Crippen LogP contribution in [0.4, 0.5) is 9.59 Å². The molecule has 2 saturated heterocycles. The molecule has 1 atom stereocenters. The summed E-state index contributed by atoms with van der Waals surface area (Å²) < 4.78 is 63.1. The summed E-state index contributed by atoms with van der Waals surface area (Å²) in [5.41, 5.74) is -0.958. The lowest BCUT2D eigenvalue weighted by molar-refractivity contribution is 0.0190. The molecule has 10 rings (SSSR count). The predicted octanol–water partition coefficient (Wildman–Crippen LogP) is 8.54. The normalized spacial score (nSPS) is 35.9. The van der Waals surface area contributed by atoms with Crippen molar-refractivity contribution in [3.05, 3.63) is 0 Å². The van der Waals surface area contributed by atoms with Gasteiger partial charge >= 0.3 is 12.2 Å². The standard InChI is InChI=1S/C20H34N2O4S.C20H34N2O3S.C2H6.CH4/c1-19(2,3)26-18(23)22-6-4-17(5-7-22)21-27(24,25)20-11-14-8-15(12-20)10-16(9-14)13-20;1-19(2,3)25-18(23)22-6-4-17(5-7-22)21-26(24)20-11-14-8-15(12-20)10-16(9-14)13-20;1-2;/h14-17,21H,4-13H2,1-3H3;14-17,21H,4-13H2,1-3H3;1-2H3;1H4/i;;1D;. The van der Waals surface area contributed by atoms with Crippen molar-refractivity contribution in [1.82, 2.24) is 19.2 Å². The van der Waals surface area contributed by atoms with Gasteiger partial charge in [-0.15, -0.1) is 0 Å². The van der Waals surface area contributed by atoms with Crippen LogP contribution in [0.25, 0.3) is 0 Å². The molecule has 2 heterocycles. The number of piperidine rings is 2. The Kier molecular flexibility index (Phi) is 13.9. The first kappa shape index (κ1) is 44.1. The molecule has 2 amide bonds. The number of amides is 2. The third-order valence-corrected chi connectivity index (χ3v) is 17.9. The topological polar surface area (TPSA) is 134 Å². The minimum Gasteiger partial charge on any atom is -0.444 e. The van der Waals surface area contributed by atoms with Crippen LogP contribution in [0.5, 0.6) is 0 Å². The summed E-state index contributed by atoms with van der Waals surface area (Å²) in [6, 6.07) is 0.184. The highest BCUT2D eigenvalue weighted by Gasteiger charge is 2.58. The molecule has 10 fully saturated rings. The summed E-state index contributed by atoms with van der Waals surface area (Å²) in [5.74, 6) is 4.30. The van der Waals surface area contributed by atoms with Gasteiger partial charge < -0.3 is 19.3 Å². The molecule has 0 radical (unpaired) electrons. The van der Waals surface area contributed by atoms with E-state index in [9.17, 15) is 22.2 Å². The first-order chi connectivity index (χ1) is 26.2. The van der Waals surface area contributed by atoms with E-state index in [0.717, 1.165) is 69.1 Å². The van der Waals surface area contributed by atoms with Gasteiger partial charge in [0.25, 0.3) is 0 Å². The van der Waals surface area contributed by atoms with E-state index in [1.807, 2.05) is 41.5 Å². The van der Waals surface area contributed by atoms with Crippen molar-refractivity contribution >= 4 is 33.2 Å². The van der Waals surface area contributed by atoms with Crippen molar-refractivity contribution < 1.29 is 33.1 Å². The van der Waals surface area contributed by atoms with E-state index in [0.29, 0.717) is 63.7 Å². The maximum Gasteiger partial charge on any atom is 0.410 e. The average Bonchev–Trinajstić information content (AvgIpc) is 3.07. The van der Waals surface area contributed by atoms with Gasteiger partial charge in [0.15, 0.2) is 0 Å². The second-order valence-corrected chi connectivity index (χ2v) is 24.4. The highest BCUT2D eigenvalue weighted by molar-refractivity contribution is 7.91. The summed E-state index contributed by atoms with van der Waals surface area (Å²) >= 11 is 0. The summed E-state index contributed by atoms with van der Waals surface area (Å²) in [4.78, 5) is 27.9. The van der Waals surface area contributed by atoms with E-state index < -0.39 is 37.0 Å². The molecule has 8 bridgehead atoms. The van der Waals surface area contributed by atoms with Crippen LogP contribution in [-0.4, -0.2) is 93.6 Å². The zero-order valence-corrected chi connectivity index (χ0v) is 36.7. The van der Waals surface area contributed by atoms with E-state index in [4.69, 9.17) is 10.8 Å². The summed E-state index contributed by atoms with van der Waals surface area (Å²) in [7, 11) is -4.27. The van der Waals surface area contributed by atoms with Crippen molar-refractivity contribution in [2.24, 2.45) is 35.5 Å². The van der Waals surface area contributed by atoms with Crippen LogP contribution in [-0.2, 0) is 30.5 Å². The first-order valence-electron chi connectivity index (χ1n) is 22.3. The molecule has 1 unspecified atom stereocenters. The number of ether oxygens (including phenoxy) is 2. The van der Waals surface area contributed by atoms with Crippen LogP contribution in [0.2, 0.25) is 0 Å². The fourth-order valence-electron chi connectivity index (χ4n) is 12.3. The Morgan fingerprint density at radius 3 is 1.32 bits per heavy atom. The third kappa shape index (κ3) is 10.6. The number of sulfonamides is 1. The van der Waals surface area contributed by atoms with Crippen LogP contribution in [0, 0.1) is 35.5 Å². The molecule has 13 heteroatoms. The maximum atomic E-state index is 13.3. The van der Waals surface area contributed by atoms with Gasteiger partial charge in [0.1, 0.15) is 11.2 Å². The summed E-state index contributed by atoms with van der Waals surface area (Å²) in [6.07, 6.45) is 16.4. The SMILES string of the molecule is C.CC(C)(C)OC(=O)N1CCC(NS(=O)(=O)C23CC4CC(CC(C4)C2)C3)CC1.CC(C)(C)OC(=O)N1CCC(NS(=O)C23CC4CC(CC(C4)C2)C3)CC1.[2H]CC. The van der Waals surface area contributed by atoms with E-state index in [1.165, 1.54) is 38.5 Å². The van der Waals surface area contributed by atoms with E-state index >= 15 is 0 Å². The monoisotopic (exact) mass is 828 g/mol. The van der Waals surface area contributed by atoms with Gasteiger partial charge in [-0.25, -0.2) is 31.7 Å². The number of carbonyl (C=O) groups is 2. The Balaban J connectivity index is 0.000000201. The maximum absolute atomic E-state index is 13.3. The second kappa shape index (κ2) is 17.6. The molecule has 8 saturated carbocycles. The number of carbonyl (C=O) groups excluding carboxylic acids is 2. The molecular weight excluding hydrogens is 749 g/mol. The quantitative estimate of drug-likeness (QED) is 0.274. The van der Waals surface area contributed by atoms with Gasteiger partial charge in [0.2, 0.25) is 10.0 Å². The molecule has 11 nitrogen and oxygen atoms in total. The number of likely N-dealkylation sites (tertiary alicyclic amines) is 2. The number of hydrogen-bond acceptors (Lipinski definition) is 7. The molecular formula is C43H78N4O7S2. The van der Waals surface area contributed by atoms with Crippen molar-refractivity contribution in [2.45, 2.75) is 198 Å². The van der Waals surface area contributed by atoms with Crippen LogP contribution in [0.15, 0.2) is 0 Å². The lowest BCUT2D eigenvalue weighted by Crippen LogP contribution is -2.60. The third-order valence-electron chi connectivity index (χ3n) is 13.8. The lowest BCUT2D eigenvalue weighted by Gasteiger charge is -2.56. The van der Waals surface area contributed by atoms with Gasteiger partial charge in [-0.2, -0.15) is 0 Å². The van der Waals surface area contributed by atoms with Gasteiger partial charge in [0, 0.05) is 39.6 Å². The summed E-state index contributed by atoms with van der Waals surface area (Å²) in [5, 5.41) is 0. The van der Waals surface area contributed by atoms with Crippen LogP contribution in [0.3, 0.4) is 0 Å². The Labute approximate surface area is 344 Å². The molecule has 0 spiro atoms. The van der Waals surface area contributed by atoms with Gasteiger partial charge in [-0.1, -0.05) is 21.3 Å². The number of hydrogen-bond donors (Lipinski definition) is 2. The summed E-state index contributed by atoms with van der Waals surface area (Å²) in [6.45, 7) is 16.0. The number of rotatable bonds is 6. The van der Waals surface area contributed by atoms with Gasteiger partial charge in [-0.05, 0) is 180 Å². The fraction of sp³-hybridized carbons (Fsp3) is 0.953. The largest absolute Gasteiger partial charge is 0.444 e. The Bertz CT molecular complexity index is 1440. The molecule has 0 aromatic rings. The van der Waals surface area contributed by atoms with E-state index in [-0.39, 0.29) is 36.4 Å². The Hall–Kier alpha value is -1.44. The van der Waals surface area contributed by atoms with Crippen molar-refractivity contribution in [3.8, 4) is 0 Å². The Morgan fingerprint density at radius 2 is 0.982 bits per heavy atom. The van der Waals surface area contributed by atoms with Crippen LogP contribution < -0.4 is 9.44 Å². The van der Waals surface area contributed by atoms with Gasteiger partial charge in [-0.3, -0.25) is 0 Å². The second-order valence-electron chi connectivity index (χ2n) is 20.7. The number of nitrogens with zero attached hydrogens (tertiary/aromatic N) is 2. The molecule has 10 aliphatic rings. The van der Waals surface area contributed by atoms with E-state index in [2.05, 4.69) is 9.44 Å². The molecule has 0 aromatic carbocycles.